The number of para-hydroxylation sites is 1. The van der Waals surface area contributed by atoms with Gasteiger partial charge < -0.3 is 20.3 Å². The molecule has 1 aromatic heterocycles. The van der Waals surface area contributed by atoms with Crippen LogP contribution >= 0.6 is 11.6 Å². The van der Waals surface area contributed by atoms with Crippen molar-refractivity contribution in [1.29, 1.82) is 0 Å². The number of carboxylic acid groups (broad SMARTS) is 1. The van der Waals surface area contributed by atoms with Crippen LogP contribution in [0.15, 0.2) is 36.5 Å². The number of nitrogens with one attached hydrogen (secondary N) is 1. The van der Waals surface area contributed by atoms with Gasteiger partial charge in [-0.3, -0.25) is 9.59 Å². The molecule has 1 aromatic carbocycles. The number of benzene rings is 1. The predicted molar refractivity (Wildman–Crippen MR) is 77.4 cm³/mol. The maximum atomic E-state index is 11.6. The molecule has 0 radical (unpaired) electrons. The SMILES string of the molecule is O=C(O)CNC(=O)c1ncc(Oc2ccccc2Cl)cc1O. The Morgan fingerprint density at radius 2 is 2.05 bits per heavy atom. The molecule has 0 spiro atoms. The van der Waals surface area contributed by atoms with Crippen LogP contribution in [0.5, 0.6) is 17.2 Å². The van der Waals surface area contributed by atoms with E-state index in [9.17, 15) is 14.7 Å². The molecular weight excluding hydrogens is 312 g/mol. The fourth-order valence-corrected chi connectivity index (χ4v) is 1.73. The number of hydrogen-bond donors (Lipinski definition) is 3. The van der Waals surface area contributed by atoms with Crippen molar-refractivity contribution >= 4 is 23.5 Å². The Kier molecular flexibility index (Phi) is 4.80. The lowest BCUT2D eigenvalue weighted by molar-refractivity contribution is -0.135. The van der Waals surface area contributed by atoms with Crippen LogP contribution in [0.1, 0.15) is 10.5 Å². The van der Waals surface area contributed by atoms with E-state index < -0.39 is 24.2 Å². The van der Waals surface area contributed by atoms with Crippen LogP contribution < -0.4 is 10.1 Å². The van der Waals surface area contributed by atoms with Gasteiger partial charge in [-0.1, -0.05) is 23.7 Å². The minimum absolute atomic E-state index is 0.181. The summed E-state index contributed by atoms with van der Waals surface area (Å²) in [6, 6.07) is 7.92. The fourth-order valence-electron chi connectivity index (χ4n) is 1.56. The summed E-state index contributed by atoms with van der Waals surface area (Å²) in [6.07, 6.45) is 1.22. The van der Waals surface area contributed by atoms with Gasteiger partial charge >= 0.3 is 5.97 Å². The zero-order chi connectivity index (χ0) is 16.1. The van der Waals surface area contributed by atoms with Gasteiger partial charge in [0.25, 0.3) is 5.91 Å². The number of aromatic hydroxyl groups is 1. The Morgan fingerprint density at radius 3 is 2.68 bits per heavy atom. The molecule has 0 saturated heterocycles. The fraction of sp³-hybridized carbons (Fsp3) is 0.0714. The number of ether oxygens (including phenoxy) is 1. The van der Waals surface area contributed by atoms with Crippen LogP contribution in [0.3, 0.4) is 0 Å². The van der Waals surface area contributed by atoms with Crippen LogP contribution in [-0.2, 0) is 4.79 Å². The Bertz CT molecular complexity index is 720. The average Bonchev–Trinajstić information content (AvgIpc) is 2.47. The number of halogens is 1. The Labute approximate surface area is 130 Å². The molecule has 1 amide bonds. The van der Waals surface area contributed by atoms with Crippen molar-refractivity contribution in [1.82, 2.24) is 10.3 Å². The molecule has 114 valence electrons. The number of rotatable bonds is 5. The zero-order valence-corrected chi connectivity index (χ0v) is 11.9. The second kappa shape index (κ2) is 6.77. The molecule has 0 atom stereocenters. The third-order valence-corrected chi connectivity index (χ3v) is 2.83. The molecule has 0 saturated carbocycles. The van der Waals surface area contributed by atoms with E-state index in [-0.39, 0.29) is 11.4 Å². The molecule has 0 aliphatic rings. The van der Waals surface area contributed by atoms with Crippen molar-refractivity contribution in [3.63, 3.8) is 0 Å². The highest BCUT2D eigenvalue weighted by Crippen LogP contribution is 2.30. The lowest BCUT2D eigenvalue weighted by atomic mass is 10.3. The molecule has 22 heavy (non-hydrogen) atoms. The number of carbonyl (C=O) groups excluding carboxylic acids is 1. The van der Waals surface area contributed by atoms with E-state index >= 15 is 0 Å². The molecule has 0 aliphatic heterocycles. The van der Waals surface area contributed by atoms with E-state index in [1.807, 2.05) is 0 Å². The molecular formula is C14H11ClN2O5. The van der Waals surface area contributed by atoms with Crippen LogP contribution in [-0.4, -0.2) is 33.6 Å². The molecule has 1 heterocycles. The number of aromatic nitrogens is 1. The first kappa shape index (κ1) is 15.6. The van der Waals surface area contributed by atoms with Gasteiger partial charge in [-0.05, 0) is 12.1 Å². The standard InChI is InChI=1S/C14H11ClN2O5/c15-9-3-1-2-4-11(9)22-8-5-10(18)13(16-6-8)14(21)17-7-12(19)20/h1-6,18H,7H2,(H,17,21)(H,19,20). The predicted octanol–water partition coefficient (Wildman–Crippen LogP) is 2.05. The molecule has 2 aromatic rings. The van der Waals surface area contributed by atoms with Crippen LogP contribution in [0.2, 0.25) is 5.02 Å². The molecule has 0 aliphatic carbocycles. The number of aliphatic carboxylic acids is 1. The van der Waals surface area contributed by atoms with E-state index in [2.05, 4.69) is 10.3 Å². The van der Waals surface area contributed by atoms with Crippen LogP contribution in [0.4, 0.5) is 0 Å². The molecule has 2 rings (SSSR count). The highest BCUT2D eigenvalue weighted by Gasteiger charge is 2.15. The second-order valence-electron chi connectivity index (χ2n) is 4.15. The molecule has 0 bridgehead atoms. The summed E-state index contributed by atoms with van der Waals surface area (Å²) in [6.45, 7) is -0.572. The maximum absolute atomic E-state index is 11.6. The third kappa shape index (κ3) is 3.86. The van der Waals surface area contributed by atoms with Gasteiger partial charge in [-0.25, -0.2) is 4.98 Å². The number of pyridine rings is 1. The lowest BCUT2D eigenvalue weighted by Gasteiger charge is -2.09. The molecule has 0 fully saturated rings. The van der Waals surface area contributed by atoms with Crippen molar-refractivity contribution in [2.24, 2.45) is 0 Å². The maximum Gasteiger partial charge on any atom is 0.322 e. The summed E-state index contributed by atoms with van der Waals surface area (Å²) in [4.78, 5) is 25.8. The Balaban J connectivity index is 2.14. The highest BCUT2D eigenvalue weighted by molar-refractivity contribution is 6.32. The topological polar surface area (TPSA) is 109 Å². The quantitative estimate of drug-likeness (QED) is 0.777. The van der Waals surface area contributed by atoms with Crippen molar-refractivity contribution < 1.29 is 24.5 Å². The Hall–Kier alpha value is -2.80. The van der Waals surface area contributed by atoms with Crippen molar-refractivity contribution in [2.75, 3.05) is 6.54 Å². The number of nitrogens with zero attached hydrogens (tertiary/aromatic N) is 1. The van der Waals surface area contributed by atoms with E-state index in [0.717, 1.165) is 0 Å². The smallest absolute Gasteiger partial charge is 0.322 e. The monoisotopic (exact) mass is 322 g/mol. The van der Waals surface area contributed by atoms with E-state index in [1.54, 1.807) is 24.3 Å². The highest BCUT2D eigenvalue weighted by atomic mass is 35.5. The molecule has 3 N–H and O–H groups in total. The van der Waals surface area contributed by atoms with Gasteiger partial charge in [0.15, 0.2) is 11.4 Å². The second-order valence-corrected chi connectivity index (χ2v) is 4.55. The number of carboxylic acids is 1. The number of hydrogen-bond acceptors (Lipinski definition) is 5. The largest absolute Gasteiger partial charge is 0.505 e. The normalized spacial score (nSPS) is 10.0. The van der Waals surface area contributed by atoms with E-state index in [1.165, 1.54) is 12.3 Å². The minimum Gasteiger partial charge on any atom is -0.505 e. The van der Waals surface area contributed by atoms with Crippen molar-refractivity contribution in [3.05, 3.63) is 47.2 Å². The van der Waals surface area contributed by atoms with Crippen LogP contribution in [0, 0.1) is 0 Å². The summed E-state index contributed by atoms with van der Waals surface area (Å²) in [5.41, 5.74) is -0.298. The summed E-state index contributed by atoms with van der Waals surface area (Å²) < 4.78 is 5.44. The summed E-state index contributed by atoms with van der Waals surface area (Å²) >= 11 is 5.94. The summed E-state index contributed by atoms with van der Waals surface area (Å²) in [5.74, 6) is -1.89. The molecule has 8 heteroatoms. The summed E-state index contributed by atoms with van der Waals surface area (Å²) in [7, 11) is 0. The summed E-state index contributed by atoms with van der Waals surface area (Å²) in [5, 5.41) is 20.7. The van der Waals surface area contributed by atoms with Crippen molar-refractivity contribution in [2.45, 2.75) is 0 Å². The van der Waals surface area contributed by atoms with Gasteiger partial charge in [0.2, 0.25) is 0 Å². The molecule has 0 unspecified atom stereocenters. The number of amides is 1. The van der Waals surface area contributed by atoms with Gasteiger partial charge in [0.1, 0.15) is 18.0 Å². The van der Waals surface area contributed by atoms with Gasteiger partial charge in [-0.15, -0.1) is 0 Å². The zero-order valence-electron chi connectivity index (χ0n) is 11.1. The van der Waals surface area contributed by atoms with Gasteiger partial charge in [0.05, 0.1) is 11.2 Å². The lowest BCUT2D eigenvalue weighted by Crippen LogP contribution is -2.29. The van der Waals surface area contributed by atoms with Gasteiger partial charge in [0, 0.05) is 6.07 Å². The van der Waals surface area contributed by atoms with Gasteiger partial charge in [-0.2, -0.15) is 0 Å². The van der Waals surface area contributed by atoms with Crippen molar-refractivity contribution in [3.8, 4) is 17.2 Å². The first-order valence-corrected chi connectivity index (χ1v) is 6.46. The Morgan fingerprint density at radius 1 is 1.32 bits per heavy atom. The first-order valence-electron chi connectivity index (χ1n) is 6.08. The number of carbonyl (C=O) groups is 2. The van der Waals surface area contributed by atoms with E-state index in [0.29, 0.717) is 10.8 Å². The minimum atomic E-state index is -1.20. The first-order chi connectivity index (χ1) is 10.5. The molecule has 7 nitrogen and oxygen atoms in total. The average molecular weight is 323 g/mol. The van der Waals surface area contributed by atoms with E-state index in [4.69, 9.17) is 21.4 Å². The third-order valence-electron chi connectivity index (χ3n) is 2.52. The van der Waals surface area contributed by atoms with Crippen LogP contribution in [0.25, 0.3) is 0 Å².